The molecule has 0 saturated carbocycles. The van der Waals surface area contributed by atoms with Crippen molar-refractivity contribution < 1.29 is 45.4 Å². The summed E-state index contributed by atoms with van der Waals surface area (Å²) >= 11 is 0. The molecular weight excluding hydrogens is 1000 g/mol. The number of amides is 2. The summed E-state index contributed by atoms with van der Waals surface area (Å²) in [5, 5.41) is 0. The van der Waals surface area contributed by atoms with E-state index in [-0.39, 0.29) is 77.7 Å². The molecule has 15 nitrogen and oxygen atoms in total. The van der Waals surface area contributed by atoms with Crippen LogP contribution >= 0.6 is 0 Å². The molecule has 6 aliphatic heterocycles. The lowest BCUT2D eigenvalue weighted by atomic mass is 9.79. The summed E-state index contributed by atoms with van der Waals surface area (Å²) in [5.41, 5.74) is 3.41. The van der Waals surface area contributed by atoms with Gasteiger partial charge in [0.2, 0.25) is 11.8 Å². The number of rotatable bonds is 15. The highest BCUT2D eigenvalue weighted by atomic mass is 32.2. The first-order valence-corrected chi connectivity index (χ1v) is 29.1. The van der Waals surface area contributed by atoms with Crippen LogP contribution in [0.1, 0.15) is 52.0 Å². The van der Waals surface area contributed by atoms with Crippen molar-refractivity contribution in [3.8, 4) is 11.1 Å². The molecule has 0 aromatic heterocycles. The Morgan fingerprint density at radius 3 is 1.61 bits per heavy atom. The van der Waals surface area contributed by atoms with Crippen LogP contribution in [0.15, 0.2) is 178 Å². The van der Waals surface area contributed by atoms with Crippen molar-refractivity contribution in [3.05, 3.63) is 191 Å². The van der Waals surface area contributed by atoms with E-state index in [9.17, 15) is 16.8 Å². The van der Waals surface area contributed by atoms with Gasteiger partial charge >= 0.3 is 0 Å². The molecule has 4 atom stereocenters. The van der Waals surface area contributed by atoms with E-state index in [1.165, 1.54) is 0 Å². The Kier molecular flexibility index (Phi) is 13.2. The monoisotopic (exact) mass is 1060 g/mol. The summed E-state index contributed by atoms with van der Waals surface area (Å²) in [7, 11) is -7.64. The van der Waals surface area contributed by atoms with E-state index in [4.69, 9.17) is 28.9 Å². The molecule has 12 rings (SSSR count). The topological polar surface area (TPSA) is 174 Å². The summed E-state index contributed by atoms with van der Waals surface area (Å²) in [4.78, 5) is 46.5. The molecule has 6 aromatic carbocycles. The third-order valence-electron chi connectivity index (χ3n) is 15.6. The molecule has 0 N–H and O–H groups in total. The van der Waals surface area contributed by atoms with Crippen LogP contribution in [0, 0.1) is 5.92 Å². The van der Waals surface area contributed by atoms with Crippen molar-refractivity contribution in [3.63, 3.8) is 0 Å². The van der Waals surface area contributed by atoms with E-state index >= 15 is 9.59 Å². The van der Waals surface area contributed by atoms with Crippen molar-refractivity contribution in [2.45, 2.75) is 52.6 Å². The highest BCUT2D eigenvalue weighted by molar-refractivity contribution is 7.91. The lowest BCUT2D eigenvalue weighted by Gasteiger charge is -2.37. The van der Waals surface area contributed by atoms with Crippen LogP contribution in [0.25, 0.3) is 11.1 Å². The van der Waals surface area contributed by atoms with Gasteiger partial charge in [-0.3, -0.25) is 14.5 Å². The number of aliphatic imine (C=N–C) groups is 2. The average molecular weight is 1060 g/mol. The fourth-order valence-corrected chi connectivity index (χ4v) is 14.0. The molecule has 0 radical (unpaired) electrons. The zero-order chi connectivity index (χ0) is 52.1. The van der Waals surface area contributed by atoms with E-state index in [1.807, 2.05) is 109 Å². The van der Waals surface area contributed by atoms with E-state index < -0.39 is 43.0 Å². The summed E-state index contributed by atoms with van der Waals surface area (Å²) in [6.07, 6.45) is -1.15. The number of fused-ring (bicyclic) bond motifs is 6. The third-order valence-corrected chi connectivity index (χ3v) is 19.0. The molecular formula is C59H57N5O10S2. The van der Waals surface area contributed by atoms with Gasteiger partial charge < -0.3 is 28.7 Å². The first-order valence-electron chi connectivity index (χ1n) is 25.8. The third kappa shape index (κ3) is 9.31. The Balaban J connectivity index is 0.805. The van der Waals surface area contributed by atoms with Crippen LogP contribution in [0.2, 0.25) is 0 Å². The Morgan fingerprint density at radius 1 is 0.513 bits per heavy atom. The Morgan fingerprint density at radius 2 is 1.00 bits per heavy atom. The van der Waals surface area contributed by atoms with E-state index in [0.29, 0.717) is 63.0 Å². The standard InChI is InChI=1S/C59H57N5O10S2/c65-56-58(35-41-38-72-39-41)52(50-20-9-7-14-46(50)36-63(56)28-32-75(67,68)48-17-5-2-6-18-48)73-55(60-58)44-24-22-42(23-25-44)45-16-11-19-49(34-45)76(69,70)33-29-64-37-47-15-8-10-21-51(47)53-59(57(64)66,40-62-26-30-71-31-27-62)61-54(74-53)43-12-3-1-4-13-43/h1-25,34,41,52-53H,26-33,35-40H2/t52-,53-,58-,59-/m0/s1. The molecule has 6 aliphatic rings. The normalized spacial score (nSPS) is 23.6. The number of hydrogen-bond donors (Lipinski definition) is 0. The van der Waals surface area contributed by atoms with Crippen LogP contribution in [0.5, 0.6) is 0 Å². The van der Waals surface area contributed by atoms with Crippen molar-refractivity contribution >= 4 is 43.3 Å². The van der Waals surface area contributed by atoms with Crippen LogP contribution < -0.4 is 0 Å². The van der Waals surface area contributed by atoms with Crippen LogP contribution in [0.4, 0.5) is 0 Å². The van der Waals surface area contributed by atoms with Gasteiger partial charge in [0.25, 0.3) is 11.8 Å². The van der Waals surface area contributed by atoms with Crippen molar-refractivity contribution in [2.24, 2.45) is 15.9 Å². The minimum atomic E-state index is -3.94. The number of hydrogen-bond acceptors (Lipinski definition) is 13. The van der Waals surface area contributed by atoms with Crippen LogP contribution in [-0.4, -0.2) is 137 Å². The molecule has 0 aliphatic carbocycles. The van der Waals surface area contributed by atoms with Gasteiger partial charge in [0.05, 0.1) is 47.7 Å². The zero-order valence-corrected chi connectivity index (χ0v) is 43.4. The fraction of sp³-hybridized carbons (Fsp3) is 0.322. The second kappa shape index (κ2) is 20.2. The number of morpholine rings is 1. The SMILES string of the molecule is O=C1N(CCS(=O)(=O)c2ccccc2)Cc2ccccc2[C@@H]2OC(c3ccc(-c4cccc(S(=O)(=O)CCN5Cc6ccccc6[C@@H]6OC(c7ccccc7)=N[C@]6(CN6CCOCC6)C5=O)c4)cc3)=N[C@]12CC1COC1. The number of ether oxygens (including phenoxy) is 4. The lowest BCUT2D eigenvalue weighted by molar-refractivity contribution is -0.143. The maximum Gasteiger partial charge on any atom is 0.256 e. The number of benzene rings is 6. The maximum absolute atomic E-state index is 15.3. The first-order chi connectivity index (χ1) is 36.9. The molecule has 0 spiro atoms. The number of carbonyl (C=O) groups is 2. The number of sulfone groups is 2. The molecule has 76 heavy (non-hydrogen) atoms. The van der Waals surface area contributed by atoms with Gasteiger partial charge in [0.1, 0.15) is 0 Å². The smallest absolute Gasteiger partial charge is 0.256 e. The maximum atomic E-state index is 15.3. The van der Waals surface area contributed by atoms with Gasteiger partial charge in [-0.15, -0.1) is 0 Å². The molecule has 0 unspecified atom stereocenters. The van der Waals surface area contributed by atoms with Gasteiger partial charge in [0.15, 0.2) is 43.0 Å². The molecule has 2 saturated heterocycles. The van der Waals surface area contributed by atoms with Gasteiger partial charge in [-0.05, 0) is 77.2 Å². The Bertz CT molecular complexity index is 3480. The highest BCUT2D eigenvalue weighted by Crippen LogP contribution is 2.49. The van der Waals surface area contributed by atoms with E-state index in [1.54, 1.807) is 58.3 Å². The predicted molar refractivity (Wildman–Crippen MR) is 285 cm³/mol. The highest BCUT2D eigenvalue weighted by Gasteiger charge is 2.59. The molecule has 6 aromatic rings. The first kappa shape index (κ1) is 49.8. The van der Waals surface area contributed by atoms with Crippen LogP contribution in [0.3, 0.4) is 0 Å². The van der Waals surface area contributed by atoms with Gasteiger partial charge in [-0.2, -0.15) is 0 Å². The molecule has 0 bridgehead atoms. The summed E-state index contributed by atoms with van der Waals surface area (Å²) < 4.78 is 80.7. The lowest BCUT2D eigenvalue weighted by Crippen LogP contribution is -2.56. The van der Waals surface area contributed by atoms with Gasteiger partial charge in [-0.25, -0.2) is 26.8 Å². The molecule has 2 amide bonds. The molecule has 17 heteroatoms. The van der Waals surface area contributed by atoms with Gasteiger partial charge in [-0.1, -0.05) is 109 Å². The Labute approximate surface area is 442 Å². The quantitative estimate of drug-likeness (QED) is 0.105. The number of carbonyl (C=O) groups excluding carboxylic acids is 2. The summed E-state index contributed by atoms with van der Waals surface area (Å²) in [6.45, 7) is 3.82. The van der Waals surface area contributed by atoms with E-state index in [2.05, 4.69) is 4.90 Å². The van der Waals surface area contributed by atoms with Crippen LogP contribution in [-0.2, 0) is 61.3 Å². The molecule has 390 valence electrons. The summed E-state index contributed by atoms with van der Waals surface area (Å²) in [5.74, 6) is -0.472. The van der Waals surface area contributed by atoms with Crippen molar-refractivity contribution in [2.75, 3.05) is 70.7 Å². The summed E-state index contributed by atoms with van der Waals surface area (Å²) in [6, 6.07) is 47.6. The second-order valence-corrected chi connectivity index (χ2v) is 24.7. The fourth-order valence-electron chi connectivity index (χ4n) is 11.5. The van der Waals surface area contributed by atoms with Crippen molar-refractivity contribution in [1.82, 2.24) is 14.7 Å². The molecule has 2 fully saturated rings. The van der Waals surface area contributed by atoms with Crippen molar-refractivity contribution in [1.29, 1.82) is 0 Å². The average Bonchev–Trinajstić information content (AvgIpc) is 4.11. The minimum absolute atomic E-state index is 0.0315. The van der Waals surface area contributed by atoms with Gasteiger partial charge in [0, 0.05) is 74.0 Å². The van der Waals surface area contributed by atoms with E-state index in [0.717, 1.165) is 33.4 Å². The largest absolute Gasteiger partial charge is 0.466 e. The molecule has 6 heterocycles. The second-order valence-electron chi connectivity index (χ2n) is 20.4. The Hall–Kier alpha value is -7.02. The zero-order valence-electron chi connectivity index (χ0n) is 41.8. The minimum Gasteiger partial charge on any atom is -0.466 e. The number of nitrogens with zero attached hydrogens (tertiary/aromatic N) is 5. The predicted octanol–water partition coefficient (Wildman–Crippen LogP) is 6.87.